The molecule has 3 atom stereocenters. The molecule has 10 heteroatoms. The third kappa shape index (κ3) is 4.76. The van der Waals surface area contributed by atoms with E-state index in [9.17, 15) is 14.0 Å². The molecule has 3 aromatic rings. The van der Waals surface area contributed by atoms with Crippen LogP contribution in [-0.4, -0.2) is 52.7 Å². The summed E-state index contributed by atoms with van der Waals surface area (Å²) in [6.45, 7) is 5.67. The molecule has 4 heterocycles. The zero-order valence-corrected chi connectivity index (χ0v) is 21.4. The molecule has 8 nitrogen and oxygen atoms in total. The second-order valence-corrected chi connectivity index (χ2v) is 10.5. The molecule has 192 valence electrons. The van der Waals surface area contributed by atoms with Crippen molar-refractivity contribution in [3.8, 4) is 11.4 Å². The number of thiazole rings is 1. The van der Waals surface area contributed by atoms with Gasteiger partial charge in [-0.15, -0.1) is 11.3 Å². The first-order valence-corrected chi connectivity index (χ1v) is 13.5. The van der Waals surface area contributed by atoms with Gasteiger partial charge in [-0.3, -0.25) is 9.59 Å². The van der Waals surface area contributed by atoms with Crippen molar-refractivity contribution in [3.63, 3.8) is 0 Å². The van der Waals surface area contributed by atoms with Crippen molar-refractivity contribution in [3.05, 3.63) is 34.4 Å². The van der Waals surface area contributed by atoms with Crippen LogP contribution in [0.25, 0.3) is 22.4 Å². The summed E-state index contributed by atoms with van der Waals surface area (Å²) >= 11 is 1.46. The minimum absolute atomic E-state index is 0.0451. The number of aromatic nitrogens is 2. The largest absolute Gasteiger partial charge is 0.381 e. The summed E-state index contributed by atoms with van der Waals surface area (Å²) < 4.78 is 24.8. The molecule has 0 spiro atoms. The summed E-state index contributed by atoms with van der Waals surface area (Å²) in [6.07, 6.45) is 3.87. The topological polar surface area (TPSA) is 97.6 Å². The van der Waals surface area contributed by atoms with E-state index >= 15 is 0 Å². The Hall–Kier alpha value is -2.85. The van der Waals surface area contributed by atoms with Gasteiger partial charge in [0, 0.05) is 31.1 Å². The van der Waals surface area contributed by atoms with E-state index in [2.05, 4.69) is 10.5 Å². The Balaban J connectivity index is 1.39. The molecule has 2 aliphatic rings. The maximum absolute atomic E-state index is 14.1. The number of hydrogen-bond acceptors (Lipinski definition) is 7. The van der Waals surface area contributed by atoms with E-state index in [0.29, 0.717) is 36.5 Å². The smallest absolute Gasteiger partial charge is 0.246 e. The quantitative estimate of drug-likeness (QED) is 0.490. The Kier molecular flexibility index (Phi) is 7.34. The number of benzene rings is 1. The number of likely N-dealkylation sites (tertiary alicyclic amines) is 1. The summed E-state index contributed by atoms with van der Waals surface area (Å²) in [5, 5.41) is 10.4. The van der Waals surface area contributed by atoms with Crippen molar-refractivity contribution in [2.24, 2.45) is 11.8 Å². The first-order chi connectivity index (χ1) is 17.5. The predicted molar refractivity (Wildman–Crippen MR) is 134 cm³/mol. The van der Waals surface area contributed by atoms with Crippen molar-refractivity contribution < 1.29 is 23.2 Å². The van der Waals surface area contributed by atoms with Crippen LogP contribution >= 0.6 is 11.3 Å². The second-order valence-electron chi connectivity index (χ2n) is 9.65. The highest BCUT2D eigenvalue weighted by Crippen LogP contribution is 2.38. The summed E-state index contributed by atoms with van der Waals surface area (Å²) in [5.74, 6) is -0.707. The number of fused-ring (bicyclic) bond motifs is 1. The second kappa shape index (κ2) is 10.6. The van der Waals surface area contributed by atoms with Crippen LogP contribution in [0.3, 0.4) is 0 Å². The molecule has 2 saturated heterocycles. The average Bonchev–Trinajstić information content (AvgIpc) is 3.66. The minimum Gasteiger partial charge on any atom is -0.381 e. The summed E-state index contributed by atoms with van der Waals surface area (Å²) in [4.78, 5) is 33.4. The van der Waals surface area contributed by atoms with Crippen LogP contribution in [0.2, 0.25) is 0 Å². The van der Waals surface area contributed by atoms with Gasteiger partial charge in [-0.1, -0.05) is 25.1 Å². The zero-order chi connectivity index (χ0) is 25.2. The molecule has 1 aromatic carbocycles. The number of rotatable bonds is 7. The van der Waals surface area contributed by atoms with Crippen molar-refractivity contribution in [2.75, 3.05) is 19.8 Å². The van der Waals surface area contributed by atoms with Crippen LogP contribution in [0.5, 0.6) is 0 Å². The van der Waals surface area contributed by atoms with Crippen LogP contribution in [0.15, 0.2) is 28.1 Å². The van der Waals surface area contributed by atoms with Gasteiger partial charge in [0.15, 0.2) is 5.82 Å². The number of halogens is 1. The summed E-state index contributed by atoms with van der Waals surface area (Å²) in [5.41, 5.74) is 1.20. The van der Waals surface area contributed by atoms with E-state index in [-0.39, 0.29) is 35.3 Å². The van der Waals surface area contributed by atoms with Crippen LogP contribution in [0, 0.1) is 17.7 Å². The Morgan fingerprint density at radius 1 is 1.28 bits per heavy atom. The lowest BCUT2D eigenvalue weighted by molar-refractivity contribution is -0.140. The lowest BCUT2D eigenvalue weighted by Gasteiger charge is -2.35. The van der Waals surface area contributed by atoms with Crippen molar-refractivity contribution in [2.45, 2.75) is 58.0 Å². The monoisotopic (exact) mass is 514 g/mol. The van der Waals surface area contributed by atoms with Gasteiger partial charge in [0.2, 0.25) is 17.4 Å². The third-order valence-electron chi connectivity index (χ3n) is 7.40. The van der Waals surface area contributed by atoms with Crippen molar-refractivity contribution >= 4 is 34.1 Å². The number of hydrogen-bond donors (Lipinski definition) is 1. The molecule has 0 aliphatic carbocycles. The first-order valence-electron chi connectivity index (χ1n) is 12.7. The fraction of sp³-hybridized carbons (Fsp3) is 0.538. The van der Waals surface area contributed by atoms with Crippen molar-refractivity contribution in [1.29, 1.82) is 0 Å². The molecule has 2 aliphatic heterocycles. The van der Waals surface area contributed by atoms with E-state index in [1.165, 1.54) is 17.4 Å². The maximum Gasteiger partial charge on any atom is 0.246 e. The zero-order valence-electron chi connectivity index (χ0n) is 20.5. The normalized spacial score (nSPS) is 20.5. The van der Waals surface area contributed by atoms with E-state index in [4.69, 9.17) is 14.2 Å². The first kappa shape index (κ1) is 24.8. The van der Waals surface area contributed by atoms with Crippen LogP contribution in [0.4, 0.5) is 4.39 Å². The van der Waals surface area contributed by atoms with Gasteiger partial charge in [0.05, 0.1) is 11.4 Å². The Labute approximate surface area is 213 Å². The number of carbonyl (C=O) groups excluding carboxylic acids is 2. The van der Waals surface area contributed by atoms with E-state index in [0.717, 1.165) is 37.1 Å². The Morgan fingerprint density at radius 3 is 2.86 bits per heavy atom. The number of nitrogens with zero attached hydrogens (tertiary/aromatic N) is 3. The van der Waals surface area contributed by atoms with Gasteiger partial charge < -0.3 is 19.5 Å². The van der Waals surface area contributed by atoms with Gasteiger partial charge in [-0.25, -0.2) is 9.37 Å². The van der Waals surface area contributed by atoms with Gasteiger partial charge in [-0.05, 0) is 50.2 Å². The van der Waals surface area contributed by atoms with Gasteiger partial charge in [-0.2, -0.15) is 0 Å². The van der Waals surface area contributed by atoms with Crippen molar-refractivity contribution in [1.82, 2.24) is 20.4 Å². The number of para-hydroxylation sites is 1. The molecule has 0 unspecified atom stereocenters. The van der Waals surface area contributed by atoms with Crippen LogP contribution < -0.4 is 5.32 Å². The molecule has 1 N–H and O–H groups in total. The fourth-order valence-electron chi connectivity index (χ4n) is 5.04. The molecule has 2 aromatic heterocycles. The number of nitrogens with one attached hydrogen (secondary N) is 1. The molecule has 36 heavy (non-hydrogen) atoms. The standard InChI is InChI=1S/C26H31FN4O4S/c1-3-15(2)24(32)29-21(16-9-12-34-13-10-16)26(33)31-11-5-8-20(31)25-28-19(14-36-25)22-17-6-4-7-18(27)23(17)35-30-22/h4,6-7,14-16,20-21H,3,5,8-13H2,1-2H3,(H,29,32)/t15-,20+,21+/m1/s1. The van der Waals surface area contributed by atoms with Gasteiger partial charge in [0.1, 0.15) is 22.4 Å². The van der Waals surface area contributed by atoms with E-state index in [1.807, 2.05) is 24.1 Å². The highest BCUT2D eigenvalue weighted by atomic mass is 32.1. The van der Waals surface area contributed by atoms with E-state index < -0.39 is 11.9 Å². The van der Waals surface area contributed by atoms with Gasteiger partial charge >= 0.3 is 0 Å². The fourth-order valence-corrected chi connectivity index (χ4v) is 5.99. The van der Waals surface area contributed by atoms with Crippen LogP contribution in [0.1, 0.15) is 57.0 Å². The third-order valence-corrected chi connectivity index (χ3v) is 8.34. The molecule has 0 bridgehead atoms. The lowest BCUT2D eigenvalue weighted by atomic mass is 9.90. The Bertz CT molecular complexity index is 1240. The average molecular weight is 515 g/mol. The molecule has 2 fully saturated rings. The molecule has 2 amide bonds. The number of ether oxygens (including phenoxy) is 1. The Morgan fingerprint density at radius 2 is 2.08 bits per heavy atom. The highest BCUT2D eigenvalue weighted by Gasteiger charge is 2.40. The highest BCUT2D eigenvalue weighted by molar-refractivity contribution is 7.10. The van der Waals surface area contributed by atoms with Crippen LogP contribution in [-0.2, 0) is 14.3 Å². The minimum atomic E-state index is -0.571. The van der Waals surface area contributed by atoms with Gasteiger partial charge in [0.25, 0.3) is 0 Å². The molecule has 0 saturated carbocycles. The maximum atomic E-state index is 14.1. The number of carbonyl (C=O) groups is 2. The molecular weight excluding hydrogens is 483 g/mol. The summed E-state index contributed by atoms with van der Waals surface area (Å²) in [7, 11) is 0. The lowest BCUT2D eigenvalue weighted by Crippen LogP contribution is -2.54. The SMILES string of the molecule is CC[C@@H](C)C(=O)N[C@H](C(=O)N1CCC[C@H]1c1nc(-c2noc3c(F)cccc23)cs1)C1CCOCC1. The molecule has 5 rings (SSSR count). The molecule has 0 radical (unpaired) electrons. The predicted octanol–water partition coefficient (Wildman–Crippen LogP) is 4.71. The number of amides is 2. The molecular formula is C26H31FN4O4S. The summed E-state index contributed by atoms with van der Waals surface area (Å²) in [6, 6.07) is 3.97. The van der Waals surface area contributed by atoms with E-state index in [1.54, 1.807) is 12.1 Å².